The number of piperazine rings is 1. The Bertz CT molecular complexity index is 839. The van der Waals surface area contributed by atoms with E-state index in [0.29, 0.717) is 18.5 Å². The van der Waals surface area contributed by atoms with E-state index in [1.165, 1.54) is 13.3 Å². The van der Waals surface area contributed by atoms with Gasteiger partial charge in [0.1, 0.15) is 5.56 Å². The second kappa shape index (κ2) is 7.46. The zero-order valence-electron chi connectivity index (χ0n) is 15.8. The second-order valence-electron chi connectivity index (χ2n) is 7.46. The van der Waals surface area contributed by atoms with Gasteiger partial charge >= 0.3 is 0 Å². The van der Waals surface area contributed by atoms with Crippen molar-refractivity contribution in [2.24, 2.45) is 5.92 Å². The van der Waals surface area contributed by atoms with Gasteiger partial charge in [0.05, 0.1) is 30.7 Å². The Morgan fingerprint density at radius 1 is 1.22 bits per heavy atom. The van der Waals surface area contributed by atoms with Gasteiger partial charge in [-0.3, -0.25) is 9.59 Å². The van der Waals surface area contributed by atoms with Crippen LogP contribution in [0.1, 0.15) is 30.6 Å². The van der Waals surface area contributed by atoms with Gasteiger partial charge in [-0.25, -0.2) is 13.4 Å². The summed E-state index contributed by atoms with van der Waals surface area (Å²) < 4.78 is 29.8. The molecule has 0 bridgehead atoms. The molecule has 0 aromatic carbocycles. The van der Waals surface area contributed by atoms with Gasteiger partial charge in [-0.1, -0.05) is 13.8 Å². The highest BCUT2D eigenvalue weighted by Crippen LogP contribution is 2.30. The number of methoxy groups -OCH3 is 1. The maximum absolute atomic E-state index is 13.1. The number of hydrogen-bond acceptors (Lipinski definition) is 6. The molecule has 148 valence electrons. The van der Waals surface area contributed by atoms with Crippen molar-refractivity contribution in [1.82, 2.24) is 14.8 Å². The highest BCUT2D eigenvalue weighted by atomic mass is 32.2. The first kappa shape index (κ1) is 19.6. The van der Waals surface area contributed by atoms with E-state index in [0.717, 1.165) is 0 Å². The van der Waals surface area contributed by atoms with Crippen molar-refractivity contribution in [1.29, 1.82) is 0 Å². The molecule has 0 radical (unpaired) electrons. The average Bonchev–Trinajstić information content (AvgIpc) is 2.94. The number of rotatable bonds is 4. The van der Waals surface area contributed by atoms with Gasteiger partial charge in [0.2, 0.25) is 11.8 Å². The molecule has 3 heterocycles. The van der Waals surface area contributed by atoms with E-state index in [1.54, 1.807) is 21.9 Å². The van der Waals surface area contributed by atoms with Crippen LogP contribution in [0.4, 0.5) is 0 Å². The maximum atomic E-state index is 13.1. The van der Waals surface area contributed by atoms with Crippen molar-refractivity contribution in [3.05, 3.63) is 23.9 Å². The number of fused-ring (bicyclic) bond motifs is 1. The van der Waals surface area contributed by atoms with Crippen molar-refractivity contribution >= 4 is 21.7 Å². The van der Waals surface area contributed by atoms with E-state index in [2.05, 4.69) is 4.98 Å². The van der Waals surface area contributed by atoms with Crippen molar-refractivity contribution in [2.75, 3.05) is 31.7 Å². The lowest BCUT2D eigenvalue weighted by Gasteiger charge is -2.44. The quantitative estimate of drug-likeness (QED) is 0.740. The van der Waals surface area contributed by atoms with Crippen LogP contribution >= 0.6 is 0 Å². The van der Waals surface area contributed by atoms with Gasteiger partial charge in [0, 0.05) is 25.7 Å². The number of nitrogens with zero attached hydrogens (tertiary/aromatic N) is 3. The first-order chi connectivity index (χ1) is 12.7. The third-order valence-electron chi connectivity index (χ3n) is 5.03. The van der Waals surface area contributed by atoms with E-state index in [-0.39, 0.29) is 41.7 Å². The van der Waals surface area contributed by atoms with Crippen LogP contribution in [-0.2, 0) is 14.6 Å². The number of carbonyl (C=O) groups excluding carboxylic acids is 2. The Kier molecular flexibility index (Phi) is 5.41. The van der Waals surface area contributed by atoms with E-state index in [9.17, 15) is 18.0 Å². The first-order valence-corrected chi connectivity index (χ1v) is 10.9. The minimum Gasteiger partial charge on any atom is -0.480 e. The van der Waals surface area contributed by atoms with Crippen molar-refractivity contribution in [3.8, 4) is 5.88 Å². The van der Waals surface area contributed by atoms with E-state index in [1.807, 2.05) is 13.8 Å². The van der Waals surface area contributed by atoms with Crippen LogP contribution in [0.25, 0.3) is 0 Å². The van der Waals surface area contributed by atoms with E-state index < -0.39 is 21.9 Å². The van der Waals surface area contributed by atoms with Crippen LogP contribution in [0.2, 0.25) is 0 Å². The molecule has 0 saturated carbocycles. The summed E-state index contributed by atoms with van der Waals surface area (Å²) in [5.41, 5.74) is 0.296. The van der Waals surface area contributed by atoms with Gasteiger partial charge < -0.3 is 14.5 Å². The summed E-state index contributed by atoms with van der Waals surface area (Å²) in [5, 5.41) is 0. The third-order valence-corrected chi connectivity index (χ3v) is 6.73. The van der Waals surface area contributed by atoms with Crippen LogP contribution in [0.5, 0.6) is 5.88 Å². The average molecular weight is 395 g/mol. The lowest BCUT2D eigenvalue weighted by molar-refractivity contribution is -0.137. The summed E-state index contributed by atoms with van der Waals surface area (Å²) in [4.78, 5) is 33.0. The molecule has 2 amide bonds. The fourth-order valence-corrected chi connectivity index (χ4v) is 5.83. The SMILES string of the molecule is COc1ncccc1C(=O)N1CCN(C(=O)CC(C)C)[C@H]2CS(=O)(=O)C[C@H]21. The topological polar surface area (TPSA) is 96.9 Å². The van der Waals surface area contributed by atoms with Gasteiger partial charge in [0.15, 0.2) is 9.84 Å². The largest absolute Gasteiger partial charge is 0.480 e. The normalized spacial score (nSPS) is 24.0. The second-order valence-corrected chi connectivity index (χ2v) is 9.61. The predicted octanol–water partition coefficient (Wildman–Crippen LogP) is 0.586. The van der Waals surface area contributed by atoms with Crippen LogP contribution in [-0.4, -0.2) is 78.8 Å². The molecular weight excluding hydrogens is 370 g/mol. The summed E-state index contributed by atoms with van der Waals surface area (Å²) in [6, 6.07) is 2.21. The molecule has 1 aromatic heterocycles. The number of aromatic nitrogens is 1. The monoisotopic (exact) mass is 395 g/mol. The maximum Gasteiger partial charge on any atom is 0.259 e. The molecule has 9 heteroatoms. The van der Waals surface area contributed by atoms with E-state index in [4.69, 9.17) is 4.74 Å². The Morgan fingerprint density at radius 2 is 1.85 bits per heavy atom. The Balaban J connectivity index is 1.89. The molecule has 8 nitrogen and oxygen atoms in total. The molecule has 2 aliphatic heterocycles. The minimum absolute atomic E-state index is 0.0526. The first-order valence-electron chi connectivity index (χ1n) is 9.03. The molecule has 27 heavy (non-hydrogen) atoms. The van der Waals surface area contributed by atoms with Gasteiger partial charge in [-0.15, -0.1) is 0 Å². The molecule has 0 N–H and O–H groups in total. The number of amides is 2. The Labute approximate surface area is 159 Å². The number of pyridine rings is 1. The third kappa shape index (κ3) is 3.92. The summed E-state index contributed by atoms with van der Waals surface area (Å²) in [6.45, 7) is 4.53. The number of ether oxygens (including phenoxy) is 1. The summed E-state index contributed by atoms with van der Waals surface area (Å²) in [5.74, 6) is -0.204. The molecule has 3 rings (SSSR count). The van der Waals surface area contributed by atoms with Crippen molar-refractivity contribution < 1.29 is 22.7 Å². The van der Waals surface area contributed by atoms with Gasteiger partial charge in [0.25, 0.3) is 5.91 Å². The molecule has 0 spiro atoms. The van der Waals surface area contributed by atoms with Gasteiger partial charge in [-0.05, 0) is 18.1 Å². The fraction of sp³-hybridized carbons (Fsp3) is 0.611. The molecular formula is C18H25N3O5S. The Hall–Kier alpha value is -2.16. The highest BCUT2D eigenvalue weighted by Gasteiger charge is 2.49. The summed E-state index contributed by atoms with van der Waals surface area (Å²) >= 11 is 0. The van der Waals surface area contributed by atoms with Crippen LogP contribution < -0.4 is 4.74 Å². The number of hydrogen-bond donors (Lipinski definition) is 0. The zero-order valence-corrected chi connectivity index (χ0v) is 16.6. The molecule has 0 aliphatic carbocycles. The number of carbonyl (C=O) groups is 2. The standard InChI is InChI=1S/C18H25N3O5S/c1-12(2)9-16(22)20-7-8-21(15-11-27(24,25)10-14(15)20)18(23)13-5-4-6-19-17(13)26-3/h4-6,12,14-15H,7-11H2,1-3H3/t14-,15+/m0/s1. The van der Waals surface area contributed by atoms with Crippen LogP contribution in [0, 0.1) is 5.92 Å². The smallest absolute Gasteiger partial charge is 0.259 e. The lowest BCUT2D eigenvalue weighted by atomic mass is 10.0. The predicted molar refractivity (Wildman–Crippen MR) is 99.2 cm³/mol. The highest BCUT2D eigenvalue weighted by molar-refractivity contribution is 7.91. The molecule has 2 aliphatic rings. The van der Waals surface area contributed by atoms with Crippen LogP contribution in [0.15, 0.2) is 18.3 Å². The molecule has 0 unspecified atom stereocenters. The van der Waals surface area contributed by atoms with E-state index >= 15 is 0 Å². The minimum atomic E-state index is -3.32. The lowest BCUT2D eigenvalue weighted by Crippen LogP contribution is -2.62. The molecule has 2 fully saturated rings. The van der Waals surface area contributed by atoms with Gasteiger partial charge in [-0.2, -0.15) is 0 Å². The zero-order chi connectivity index (χ0) is 19.8. The summed E-state index contributed by atoms with van der Waals surface area (Å²) in [7, 11) is -1.89. The van der Waals surface area contributed by atoms with Crippen LogP contribution in [0.3, 0.4) is 0 Å². The van der Waals surface area contributed by atoms with Crippen molar-refractivity contribution in [2.45, 2.75) is 32.4 Å². The van der Waals surface area contributed by atoms with Crippen molar-refractivity contribution in [3.63, 3.8) is 0 Å². The summed E-state index contributed by atoms with van der Waals surface area (Å²) in [6.07, 6.45) is 1.90. The number of sulfone groups is 1. The molecule has 2 atom stereocenters. The molecule has 1 aromatic rings. The fourth-order valence-electron chi connectivity index (χ4n) is 3.85. The Morgan fingerprint density at radius 3 is 2.48 bits per heavy atom. The molecule has 2 saturated heterocycles.